The molecule has 0 heterocycles. The van der Waals surface area contributed by atoms with E-state index in [-0.39, 0.29) is 11.5 Å². The van der Waals surface area contributed by atoms with E-state index >= 15 is 0 Å². The van der Waals surface area contributed by atoms with Gasteiger partial charge in [-0.25, -0.2) is 0 Å². The molecule has 1 unspecified atom stereocenters. The highest BCUT2D eigenvalue weighted by atomic mass is 16.3. The van der Waals surface area contributed by atoms with Crippen LogP contribution in [0.1, 0.15) is 25.8 Å². The third-order valence-electron chi connectivity index (χ3n) is 2.72. The van der Waals surface area contributed by atoms with Crippen molar-refractivity contribution in [2.24, 2.45) is 5.92 Å². The zero-order valence-electron chi connectivity index (χ0n) is 9.70. The molecule has 0 aliphatic carbocycles. The van der Waals surface area contributed by atoms with Crippen LogP contribution < -0.4 is 5.32 Å². The minimum Gasteiger partial charge on any atom is -0.504 e. The van der Waals surface area contributed by atoms with Gasteiger partial charge in [0.05, 0.1) is 0 Å². The molecule has 1 aromatic carbocycles. The summed E-state index contributed by atoms with van der Waals surface area (Å²) in [5.41, 5.74) is 0.582. The van der Waals surface area contributed by atoms with Gasteiger partial charge in [-0.2, -0.15) is 0 Å². The van der Waals surface area contributed by atoms with Gasteiger partial charge in [0.25, 0.3) is 0 Å². The molecule has 0 spiro atoms. The lowest BCUT2D eigenvalue weighted by Crippen LogP contribution is -2.20. The summed E-state index contributed by atoms with van der Waals surface area (Å²) in [5, 5.41) is 31.2. The van der Waals surface area contributed by atoms with Gasteiger partial charge in [0, 0.05) is 12.1 Å². The van der Waals surface area contributed by atoms with Crippen LogP contribution in [0.4, 0.5) is 0 Å². The number of nitrogens with one attached hydrogen (secondary N) is 1. The monoisotopic (exact) mass is 225 g/mol. The molecule has 0 bridgehead atoms. The van der Waals surface area contributed by atoms with Crippen LogP contribution in [-0.4, -0.2) is 21.9 Å². The molecule has 0 aliphatic heterocycles. The van der Waals surface area contributed by atoms with Crippen LogP contribution in [0.5, 0.6) is 17.2 Å². The first-order valence-corrected chi connectivity index (χ1v) is 5.49. The van der Waals surface area contributed by atoms with Crippen molar-refractivity contribution in [2.45, 2.75) is 26.8 Å². The number of aromatic hydroxyl groups is 3. The van der Waals surface area contributed by atoms with Crippen LogP contribution in [0.25, 0.3) is 0 Å². The van der Waals surface area contributed by atoms with Gasteiger partial charge in [-0.1, -0.05) is 26.3 Å². The first kappa shape index (κ1) is 12.6. The molecule has 16 heavy (non-hydrogen) atoms. The van der Waals surface area contributed by atoms with Crippen molar-refractivity contribution >= 4 is 0 Å². The smallest absolute Gasteiger partial charge is 0.200 e. The van der Waals surface area contributed by atoms with Gasteiger partial charge in [-0.15, -0.1) is 0 Å². The van der Waals surface area contributed by atoms with Gasteiger partial charge in [0.15, 0.2) is 11.5 Å². The molecule has 4 heteroatoms. The Morgan fingerprint density at radius 2 is 1.88 bits per heavy atom. The number of phenols is 3. The summed E-state index contributed by atoms with van der Waals surface area (Å²) in [5.74, 6) is -0.435. The Morgan fingerprint density at radius 3 is 2.50 bits per heavy atom. The minimum atomic E-state index is -0.456. The Hall–Kier alpha value is -1.42. The molecule has 0 fully saturated rings. The van der Waals surface area contributed by atoms with E-state index in [1.807, 2.05) is 0 Å². The second kappa shape index (κ2) is 5.61. The highest BCUT2D eigenvalue weighted by Gasteiger charge is 2.10. The summed E-state index contributed by atoms with van der Waals surface area (Å²) >= 11 is 0. The van der Waals surface area contributed by atoms with Crippen molar-refractivity contribution in [3.63, 3.8) is 0 Å². The van der Waals surface area contributed by atoms with Gasteiger partial charge in [0.2, 0.25) is 5.75 Å². The predicted molar refractivity (Wildman–Crippen MR) is 62.6 cm³/mol. The van der Waals surface area contributed by atoms with E-state index in [0.29, 0.717) is 18.0 Å². The Morgan fingerprint density at radius 1 is 1.19 bits per heavy atom. The predicted octanol–water partition coefficient (Wildman–Crippen LogP) is 1.94. The van der Waals surface area contributed by atoms with E-state index in [9.17, 15) is 10.2 Å². The second-order valence-corrected chi connectivity index (χ2v) is 4.09. The molecule has 1 rings (SSSR count). The second-order valence-electron chi connectivity index (χ2n) is 4.09. The van der Waals surface area contributed by atoms with Crippen molar-refractivity contribution < 1.29 is 15.3 Å². The van der Waals surface area contributed by atoms with Gasteiger partial charge in [0.1, 0.15) is 0 Å². The first-order valence-electron chi connectivity index (χ1n) is 5.49. The van der Waals surface area contributed by atoms with Gasteiger partial charge >= 0.3 is 0 Å². The normalized spacial score (nSPS) is 12.6. The average molecular weight is 225 g/mol. The molecule has 0 amide bonds. The average Bonchev–Trinajstić information content (AvgIpc) is 2.29. The third kappa shape index (κ3) is 3.03. The van der Waals surface area contributed by atoms with E-state index in [4.69, 9.17) is 5.11 Å². The molecule has 90 valence electrons. The molecule has 4 N–H and O–H groups in total. The minimum absolute atomic E-state index is 0.253. The molecule has 0 radical (unpaired) electrons. The topological polar surface area (TPSA) is 72.7 Å². The van der Waals surface area contributed by atoms with E-state index in [1.54, 1.807) is 6.07 Å². The maximum atomic E-state index is 9.55. The van der Waals surface area contributed by atoms with E-state index in [1.165, 1.54) is 6.07 Å². The molecular weight excluding hydrogens is 206 g/mol. The number of benzene rings is 1. The molecular formula is C12H19NO3. The Labute approximate surface area is 95.6 Å². The van der Waals surface area contributed by atoms with Crippen LogP contribution >= 0.6 is 0 Å². The Balaban J connectivity index is 2.58. The van der Waals surface area contributed by atoms with Crippen molar-refractivity contribution in [1.29, 1.82) is 0 Å². The standard InChI is InChI=1S/C12H19NO3/c1-3-8(2)6-13-7-9-4-5-10(14)12(16)11(9)15/h4-5,8,13-16H,3,6-7H2,1-2H3. The zero-order chi connectivity index (χ0) is 12.1. The maximum absolute atomic E-state index is 9.55. The summed E-state index contributed by atoms with van der Waals surface area (Å²) in [6.45, 7) is 5.60. The third-order valence-corrected chi connectivity index (χ3v) is 2.72. The number of hydrogen-bond acceptors (Lipinski definition) is 4. The fourth-order valence-electron chi connectivity index (χ4n) is 1.35. The summed E-state index contributed by atoms with van der Waals surface area (Å²) in [7, 11) is 0. The fraction of sp³-hybridized carbons (Fsp3) is 0.500. The number of rotatable bonds is 5. The Bertz CT molecular complexity index is 352. The maximum Gasteiger partial charge on any atom is 0.200 e. The quantitative estimate of drug-likeness (QED) is 0.578. The lowest BCUT2D eigenvalue weighted by atomic mass is 10.1. The Kier molecular flexibility index (Phi) is 4.43. The highest BCUT2D eigenvalue weighted by molar-refractivity contribution is 5.52. The van der Waals surface area contributed by atoms with Crippen LogP contribution in [0.3, 0.4) is 0 Å². The van der Waals surface area contributed by atoms with Crippen molar-refractivity contribution in [3.8, 4) is 17.2 Å². The van der Waals surface area contributed by atoms with Crippen LogP contribution in [0.2, 0.25) is 0 Å². The van der Waals surface area contributed by atoms with Crippen LogP contribution in [-0.2, 0) is 6.54 Å². The summed E-state index contributed by atoms with van der Waals surface area (Å²) in [6.07, 6.45) is 1.10. The van der Waals surface area contributed by atoms with Crippen LogP contribution in [0, 0.1) is 5.92 Å². The van der Waals surface area contributed by atoms with E-state index < -0.39 is 5.75 Å². The summed E-state index contributed by atoms with van der Waals surface area (Å²) in [6, 6.07) is 2.96. The SMILES string of the molecule is CCC(C)CNCc1ccc(O)c(O)c1O. The number of hydrogen-bond donors (Lipinski definition) is 4. The van der Waals surface area contributed by atoms with Gasteiger partial charge < -0.3 is 20.6 Å². The highest BCUT2D eigenvalue weighted by Crippen LogP contribution is 2.36. The first-order chi connectivity index (χ1) is 7.56. The zero-order valence-corrected chi connectivity index (χ0v) is 9.70. The fourth-order valence-corrected chi connectivity index (χ4v) is 1.35. The van der Waals surface area contributed by atoms with Crippen molar-refractivity contribution in [3.05, 3.63) is 17.7 Å². The van der Waals surface area contributed by atoms with Crippen LogP contribution in [0.15, 0.2) is 12.1 Å². The molecule has 0 saturated carbocycles. The van der Waals surface area contributed by atoms with E-state index in [0.717, 1.165) is 13.0 Å². The van der Waals surface area contributed by atoms with Gasteiger partial charge in [-0.3, -0.25) is 0 Å². The molecule has 1 atom stereocenters. The molecule has 0 aliphatic rings. The van der Waals surface area contributed by atoms with Gasteiger partial charge in [-0.05, 0) is 18.5 Å². The number of phenolic OH excluding ortho intramolecular Hbond substituents is 3. The molecule has 0 aromatic heterocycles. The van der Waals surface area contributed by atoms with E-state index in [2.05, 4.69) is 19.2 Å². The molecule has 1 aromatic rings. The molecule has 0 saturated heterocycles. The van der Waals surface area contributed by atoms with Crippen molar-refractivity contribution in [1.82, 2.24) is 5.32 Å². The summed E-state index contributed by atoms with van der Waals surface area (Å²) in [4.78, 5) is 0. The lowest BCUT2D eigenvalue weighted by molar-refractivity contribution is 0.363. The summed E-state index contributed by atoms with van der Waals surface area (Å²) < 4.78 is 0. The lowest BCUT2D eigenvalue weighted by Gasteiger charge is -2.11. The largest absolute Gasteiger partial charge is 0.504 e. The van der Waals surface area contributed by atoms with Crippen molar-refractivity contribution in [2.75, 3.05) is 6.54 Å². The molecule has 4 nitrogen and oxygen atoms in total.